The monoisotopic (exact) mass is 236 g/mol. The lowest BCUT2D eigenvalue weighted by Crippen LogP contribution is -2.28. The predicted octanol–water partition coefficient (Wildman–Crippen LogP) is 5.52. The summed E-state index contributed by atoms with van der Waals surface area (Å²) in [6.45, 7) is 12.4. The van der Waals surface area contributed by atoms with Crippen molar-refractivity contribution in [3.63, 3.8) is 0 Å². The summed E-state index contributed by atoms with van der Waals surface area (Å²) in [5, 5.41) is 0. The van der Waals surface area contributed by atoms with Crippen molar-refractivity contribution in [2.24, 2.45) is 35.0 Å². The van der Waals surface area contributed by atoms with Crippen LogP contribution >= 0.6 is 0 Å². The van der Waals surface area contributed by atoms with Crippen LogP contribution in [0.4, 0.5) is 0 Å². The second-order valence-corrected chi connectivity index (χ2v) is 7.87. The molecule has 0 heteroatoms. The summed E-state index contributed by atoms with van der Waals surface area (Å²) in [6, 6.07) is 0. The first-order chi connectivity index (χ1) is 7.92. The SMILES string of the molecule is CC1CCC(C)C(C2CCC(C)(C(C)C)C2)C1. The molecule has 0 N–H and O–H groups in total. The molecule has 0 saturated heterocycles. The molecule has 5 atom stereocenters. The van der Waals surface area contributed by atoms with Crippen molar-refractivity contribution in [3.8, 4) is 0 Å². The van der Waals surface area contributed by atoms with Crippen LogP contribution in [0.15, 0.2) is 0 Å². The third kappa shape index (κ3) is 2.71. The topological polar surface area (TPSA) is 0 Å². The molecule has 2 aliphatic rings. The Morgan fingerprint density at radius 3 is 2.35 bits per heavy atom. The highest BCUT2D eigenvalue weighted by atomic mass is 14.5. The summed E-state index contributed by atoms with van der Waals surface area (Å²) in [7, 11) is 0. The van der Waals surface area contributed by atoms with E-state index in [2.05, 4.69) is 34.6 Å². The zero-order valence-corrected chi connectivity index (χ0v) is 12.6. The maximum absolute atomic E-state index is 2.54. The van der Waals surface area contributed by atoms with Crippen LogP contribution < -0.4 is 0 Å². The van der Waals surface area contributed by atoms with Gasteiger partial charge in [0.05, 0.1) is 0 Å². The van der Waals surface area contributed by atoms with E-state index in [1.807, 2.05) is 0 Å². The largest absolute Gasteiger partial charge is 0.0625 e. The lowest BCUT2D eigenvalue weighted by atomic mass is 9.68. The van der Waals surface area contributed by atoms with E-state index in [1.54, 1.807) is 0 Å². The molecule has 100 valence electrons. The van der Waals surface area contributed by atoms with Gasteiger partial charge in [-0.2, -0.15) is 0 Å². The number of hydrogen-bond donors (Lipinski definition) is 0. The van der Waals surface area contributed by atoms with E-state index in [0.29, 0.717) is 5.41 Å². The van der Waals surface area contributed by atoms with Gasteiger partial charge < -0.3 is 0 Å². The average molecular weight is 236 g/mol. The van der Waals surface area contributed by atoms with Crippen molar-refractivity contribution >= 4 is 0 Å². The van der Waals surface area contributed by atoms with Gasteiger partial charge in [0.1, 0.15) is 0 Å². The van der Waals surface area contributed by atoms with Gasteiger partial charge in [-0.15, -0.1) is 0 Å². The first kappa shape index (κ1) is 13.4. The molecule has 0 aromatic rings. The summed E-state index contributed by atoms with van der Waals surface area (Å²) in [4.78, 5) is 0. The predicted molar refractivity (Wildman–Crippen MR) is 76.0 cm³/mol. The van der Waals surface area contributed by atoms with Crippen LogP contribution in [-0.4, -0.2) is 0 Å². The van der Waals surface area contributed by atoms with E-state index >= 15 is 0 Å². The van der Waals surface area contributed by atoms with Gasteiger partial charge in [0.25, 0.3) is 0 Å². The van der Waals surface area contributed by atoms with Gasteiger partial charge in [-0.05, 0) is 60.7 Å². The summed E-state index contributed by atoms with van der Waals surface area (Å²) < 4.78 is 0. The van der Waals surface area contributed by atoms with E-state index in [0.717, 1.165) is 29.6 Å². The van der Waals surface area contributed by atoms with Gasteiger partial charge in [-0.25, -0.2) is 0 Å². The van der Waals surface area contributed by atoms with E-state index in [4.69, 9.17) is 0 Å². The molecule has 0 radical (unpaired) electrons. The van der Waals surface area contributed by atoms with Crippen molar-refractivity contribution in [1.29, 1.82) is 0 Å². The average Bonchev–Trinajstić information content (AvgIpc) is 2.66. The van der Waals surface area contributed by atoms with E-state index in [9.17, 15) is 0 Å². The third-order valence-electron chi connectivity index (χ3n) is 6.33. The molecule has 17 heavy (non-hydrogen) atoms. The minimum absolute atomic E-state index is 0.644. The lowest BCUT2D eigenvalue weighted by Gasteiger charge is -2.38. The maximum Gasteiger partial charge on any atom is -0.0300 e. The highest BCUT2D eigenvalue weighted by Crippen LogP contribution is 2.52. The van der Waals surface area contributed by atoms with Crippen molar-refractivity contribution in [1.82, 2.24) is 0 Å². The van der Waals surface area contributed by atoms with Crippen LogP contribution in [0.1, 0.15) is 73.1 Å². The number of hydrogen-bond acceptors (Lipinski definition) is 0. The Kier molecular flexibility index (Phi) is 3.90. The van der Waals surface area contributed by atoms with Crippen molar-refractivity contribution < 1.29 is 0 Å². The van der Waals surface area contributed by atoms with E-state index < -0.39 is 0 Å². The second kappa shape index (κ2) is 4.94. The third-order valence-corrected chi connectivity index (χ3v) is 6.33. The summed E-state index contributed by atoms with van der Waals surface area (Å²) >= 11 is 0. The molecule has 0 aliphatic heterocycles. The van der Waals surface area contributed by atoms with Crippen LogP contribution in [0.5, 0.6) is 0 Å². The van der Waals surface area contributed by atoms with Gasteiger partial charge >= 0.3 is 0 Å². The van der Waals surface area contributed by atoms with Crippen LogP contribution in [0.2, 0.25) is 0 Å². The van der Waals surface area contributed by atoms with Crippen LogP contribution in [0.25, 0.3) is 0 Å². The molecule has 2 aliphatic carbocycles. The van der Waals surface area contributed by atoms with Gasteiger partial charge in [0.2, 0.25) is 0 Å². The van der Waals surface area contributed by atoms with Gasteiger partial charge in [-0.3, -0.25) is 0 Å². The Morgan fingerprint density at radius 1 is 1.06 bits per heavy atom. The van der Waals surface area contributed by atoms with Crippen LogP contribution in [0.3, 0.4) is 0 Å². The Hall–Kier alpha value is 0. The quantitative estimate of drug-likeness (QED) is 0.592. The van der Waals surface area contributed by atoms with Crippen molar-refractivity contribution in [3.05, 3.63) is 0 Å². The Morgan fingerprint density at radius 2 is 1.76 bits per heavy atom. The van der Waals surface area contributed by atoms with Crippen molar-refractivity contribution in [2.75, 3.05) is 0 Å². The van der Waals surface area contributed by atoms with E-state index in [1.165, 1.54) is 38.5 Å². The molecule has 0 spiro atoms. The van der Waals surface area contributed by atoms with Gasteiger partial charge in [0.15, 0.2) is 0 Å². The summed E-state index contributed by atoms with van der Waals surface area (Å²) in [6.07, 6.45) is 8.97. The molecule has 2 rings (SSSR count). The molecular formula is C17H32. The fraction of sp³-hybridized carbons (Fsp3) is 1.00. The highest BCUT2D eigenvalue weighted by molar-refractivity contribution is 4.93. The molecule has 0 aromatic carbocycles. The minimum atomic E-state index is 0.644. The zero-order valence-electron chi connectivity index (χ0n) is 12.6. The van der Waals surface area contributed by atoms with Crippen molar-refractivity contribution in [2.45, 2.75) is 73.1 Å². The van der Waals surface area contributed by atoms with E-state index in [-0.39, 0.29) is 0 Å². The molecular weight excluding hydrogens is 204 g/mol. The van der Waals surface area contributed by atoms with Crippen LogP contribution in [-0.2, 0) is 0 Å². The molecule has 0 amide bonds. The number of rotatable bonds is 2. The van der Waals surface area contributed by atoms with Gasteiger partial charge in [0, 0.05) is 0 Å². The lowest BCUT2D eigenvalue weighted by molar-refractivity contribution is 0.123. The fourth-order valence-electron chi connectivity index (χ4n) is 4.44. The second-order valence-electron chi connectivity index (χ2n) is 7.87. The standard InChI is InChI=1S/C17H32/c1-12(2)17(5)9-8-15(11-17)16-10-13(3)6-7-14(16)4/h12-16H,6-11H2,1-5H3. The Balaban J connectivity index is 2.00. The molecule has 2 fully saturated rings. The normalized spacial score (nSPS) is 47.6. The highest BCUT2D eigenvalue weighted by Gasteiger charge is 2.42. The fourth-order valence-corrected chi connectivity index (χ4v) is 4.44. The maximum atomic E-state index is 2.54. The zero-order chi connectivity index (χ0) is 12.6. The smallest absolute Gasteiger partial charge is 0.0300 e. The first-order valence-corrected chi connectivity index (χ1v) is 7.92. The Bertz CT molecular complexity index is 255. The molecule has 2 saturated carbocycles. The molecule has 0 nitrogen and oxygen atoms in total. The van der Waals surface area contributed by atoms with Gasteiger partial charge in [-0.1, -0.05) is 47.5 Å². The first-order valence-electron chi connectivity index (χ1n) is 7.92. The minimum Gasteiger partial charge on any atom is -0.0625 e. The summed E-state index contributed by atoms with van der Waals surface area (Å²) in [5.74, 6) is 4.93. The summed E-state index contributed by atoms with van der Waals surface area (Å²) in [5.41, 5.74) is 0.644. The van der Waals surface area contributed by atoms with Crippen LogP contribution in [0, 0.1) is 35.0 Å². The molecule has 5 unspecified atom stereocenters. The molecule has 0 bridgehead atoms. The molecule has 0 heterocycles. The molecule has 0 aromatic heterocycles. The Labute approximate surface area is 109 Å².